The van der Waals surface area contributed by atoms with Crippen molar-refractivity contribution in [2.75, 3.05) is 0 Å². The molecule has 1 aromatic heterocycles. The average Bonchev–Trinajstić information content (AvgIpc) is 2.98. The Kier molecular flexibility index (Phi) is 5.65. The number of rotatable bonds is 7. The molecule has 0 fully saturated rings. The molecule has 0 saturated carbocycles. The van der Waals surface area contributed by atoms with E-state index in [-0.39, 0.29) is 18.7 Å². The summed E-state index contributed by atoms with van der Waals surface area (Å²) in [7, 11) is 0. The first-order valence-electron chi connectivity index (χ1n) is 6.63. The molecular formula is C14H15BrN4O3. The lowest BCUT2D eigenvalue weighted by Gasteiger charge is -2.17. The number of benzene rings is 1. The van der Waals surface area contributed by atoms with Gasteiger partial charge in [0.2, 0.25) is 5.91 Å². The highest BCUT2D eigenvalue weighted by Gasteiger charge is 2.18. The molecule has 0 aliphatic rings. The van der Waals surface area contributed by atoms with Crippen LogP contribution < -0.4 is 5.32 Å². The predicted molar refractivity (Wildman–Crippen MR) is 81.9 cm³/mol. The second-order valence-electron chi connectivity index (χ2n) is 4.68. The van der Waals surface area contributed by atoms with Crippen LogP contribution in [-0.2, 0) is 16.1 Å². The third kappa shape index (κ3) is 4.96. The number of carboxylic acid groups (broad SMARTS) is 1. The highest BCUT2D eigenvalue weighted by Crippen LogP contribution is 2.20. The first-order chi connectivity index (χ1) is 10.5. The first kappa shape index (κ1) is 16.2. The Morgan fingerprint density at radius 1 is 1.32 bits per heavy atom. The fourth-order valence-electron chi connectivity index (χ4n) is 1.95. The van der Waals surface area contributed by atoms with E-state index < -0.39 is 12.0 Å². The second-order valence-corrected chi connectivity index (χ2v) is 5.59. The van der Waals surface area contributed by atoms with E-state index in [0.717, 1.165) is 10.0 Å². The van der Waals surface area contributed by atoms with Crippen molar-refractivity contribution in [1.82, 2.24) is 20.1 Å². The van der Waals surface area contributed by atoms with E-state index in [4.69, 9.17) is 5.11 Å². The topological polar surface area (TPSA) is 97.1 Å². The number of nitrogens with one attached hydrogen (secondary N) is 1. The van der Waals surface area contributed by atoms with Crippen LogP contribution in [0, 0.1) is 0 Å². The van der Waals surface area contributed by atoms with Gasteiger partial charge in [0, 0.05) is 10.9 Å². The van der Waals surface area contributed by atoms with Crippen molar-refractivity contribution in [1.29, 1.82) is 0 Å². The second kappa shape index (κ2) is 7.69. The first-order valence-corrected chi connectivity index (χ1v) is 7.43. The molecule has 0 spiro atoms. The summed E-state index contributed by atoms with van der Waals surface area (Å²) in [5, 5.41) is 15.7. The van der Waals surface area contributed by atoms with Crippen LogP contribution in [0.5, 0.6) is 0 Å². The summed E-state index contributed by atoms with van der Waals surface area (Å²) in [4.78, 5) is 26.8. The normalized spacial score (nSPS) is 11.9. The lowest BCUT2D eigenvalue weighted by atomic mass is 10.0. The van der Waals surface area contributed by atoms with Gasteiger partial charge in [0.15, 0.2) is 0 Å². The van der Waals surface area contributed by atoms with Crippen molar-refractivity contribution in [3.63, 3.8) is 0 Å². The van der Waals surface area contributed by atoms with E-state index >= 15 is 0 Å². The van der Waals surface area contributed by atoms with E-state index in [9.17, 15) is 9.59 Å². The lowest BCUT2D eigenvalue weighted by Crippen LogP contribution is -2.30. The number of carbonyl (C=O) groups excluding carboxylic acids is 1. The third-order valence-electron chi connectivity index (χ3n) is 3.02. The Bertz CT molecular complexity index is 628. The Morgan fingerprint density at radius 3 is 2.64 bits per heavy atom. The fraction of sp³-hybridized carbons (Fsp3) is 0.286. The van der Waals surface area contributed by atoms with Gasteiger partial charge in [-0.1, -0.05) is 28.1 Å². The molecule has 22 heavy (non-hydrogen) atoms. The summed E-state index contributed by atoms with van der Waals surface area (Å²) in [5.74, 6) is -1.20. The van der Waals surface area contributed by atoms with Crippen molar-refractivity contribution in [3.8, 4) is 0 Å². The smallest absolute Gasteiger partial charge is 0.305 e. The lowest BCUT2D eigenvalue weighted by molar-refractivity contribution is -0.137. The summed E-state index contributed by atoms with van der Waals surface area (Å²) in [6.45, 7) is 0.395. The zero-order valence-electron chi connectivity index (χ0n) is 11.6. The van der Waals surface area contributed by atoms with E-state index in [2.05, 4.69) is 31.3 Å². The highest BCUT2D eigenvalue weighted by molar-refractivity contribution is 9.10. The molecule has 116 valence electrons. The van der Waals surface area contributed by atoms with Crippen molar-refractivity contribution < 1.29 is 14.7 Å². The number of carboxylic acids is 1. The minimum Gasteiger partial charge on any atom is -0.481 e. The van der Waals surface area contributed by atoms with Crippen LogP contribution in [0.15, 0.2) is 41.4 Å². The zero-order valence-corrected chi connectivity index (χ0v) is 13.2. The molecule has 1 atom stereocenters. The number of hydrogen-bond acceptors (Lipinski definition) is 4. The maximum absolute atomic E-state index is 12.0. The maximum Gasteiger partial charge on any atom is 0.305 e. The van der Waals surface area contributed by atoms with Gasteiger partial charge in [-0.05, 0) is 17.7 Å². The van der Waals surface area contributed by atoms with Crippen molar-refractivity contribution in [2.24, 2.45) is 0 Å². The molecule has 2 aromatic rings. The number of amides is 1. The molecule has 0 aliphatic carbocycles. The summed E-state index contributed by atoms with van der Waals surface area (Å²) < 4.78 is 2.44. The van der Waals surface area contributed by atoms with Gasteiger partial charge >= 0.3 is 5.97 Å². The molecule has 1 unspecified atom stereocenters. The summed E-state index contributed by atoms with van der Waals surface area (Å²) in [6, 6.07) is 6.64. The van der Waals surface area contributed by atoms with Crippen LogP contribution in [0.1, 0.15) is 24.4 Å². The Hall–Kier alpha value is -2.22. The van der Waals surface area contributed by atoms with Crippen LogP contribution in [-0.4, -0.2) is 31.7 Å². The van der Waals surface area contributed by atoms with Crippen LogP contribution in [0.3, 0.4) is 0 Å². The van der Waals surface area contributed by atoms with Crippen LogP contribution >= 0.6 is 15.9 Å². The van der Waals surface area contributed by atoms with E-state index in [1.165, 1.54) is 12.7 Å². The zero-order chi connectivity index (χ0) is 15.9. The number of aliphatic carboxylic acids is 1. The maximum atomic E-state index is 12.0. The SMILES string of the molecule is O=C(O)CC(NC(=O)CCn1cncn1)c1ccc(Br)cc1. The Balaban J connectivity index is 1.98. The molecule has 1 amide bonds. The number of carbonyl (C=O) groups is 2. The summed E-state index contributed by atoms with van der Waals surface area (Å²) in [6.07, 6.45) is 2.95. The van der Waals surface area contributed by atoms with E-state index in [1.54, 1.807) is 16.8 Å². The quantitative estimate of drug-likeness (QED) is 0.777. The number of hydrogen-bond donors (Lipinski definition) is 2. The number of halogens is 1. The molecule has 0 saturated heterocycles. The fourth-order valence-corrected chi connectivity index (χ4v) is 2.22. The van der Waals surface area contributed by atoms with E-state index in [1.807, 2.05) is 12.1 Å². The van der Waals surface area contributed by atoms with Crippen molar-refractivity contribution in [3.05, 3.63) is 47.0 Å². The standard InChI is InChI=1S/C14H15BrN4O3/c15-11-3-1-10(2-4-11)12(7-14(21)22)18-13(20)5-6-19-9-16-8-17-19/h1-4,8-9,12H,5-7H2,(H,18,20)(H,21,22). The largest absolute Gasteiger partial charge is 0.481 e. The Morgan fingerprint density at radius 2 is 2.05 bits per heavy atom. The monoisotopic (exact) mass is 366 g/mol. The predicted octanol–water partition coefficient (Wildman–Crippen LogP) is 1.76. The number of aryl methyl sites for hydroxylation is 1. The van der Waals surface area contributed by atoms with Gasteiger partial charge < -0.3 is 10.4 Å². The number of nitrogens with zero attached hydrogens (tertiary/aromatic N) is 3. The molecule has 2 N–H and O–H groups in total. The molecule has 7 nitrogen and oxygen atoms in total. The summed E-state index contributed by atoms with van der Waals surface area (Å²) in [5.41, 5.74) is 0.750. The average molecular weight is 367 g/mol. The molecule has 1 aromatic carbocycles. The van der Waals surface area contributed by atoms with Crippen molar-refractivity contribution in [2.45, 2.75) is 25.4 Å². The molecule has 0 aliphatic heterocycles. The van der Waals surface area contributed by atoms with Gasteiger partial charge in [-0.2, -0.15) is 5.10 Å². The molecule has 1 heterocycles. The van der Waals surface area contributed by atoms with Gasteiger partial charge in [0.1, 0.15) is 12.7 Å². The minimum atomic E-state index is -0.968. The van der Waals surface area contributed by atoms with Gasteiger partial charge in [0.25, 0.3) is 0 Å². The molecule has 0 bridgehead atoms. The van der Waals surface area contributed by atoms with Gasteiger partial charge in [-0.25, -0.2) is 4.98 Å². The van der Waals surface area contributed by atoms with Crippen LogP contribution in [0.25, 0.3) is 0 Å². The van der Waals surface area contributed by atoms with Crippen LogP contribution in [0.2, 0.25) is 0 Å². The summed E-state index contributed by atoms with van der Waals surface area (Å²) >= 11 is 3.32. The highest BCUT2D eigenvalue weighted by atomic mass is 79.9. The molecule has 8 heteroatoms. The van der Waals surface area contributed by atoms with Crippen molar-refractivity contribution >= 4 is 27.8 Å². The third-order valence-corrected chi connectivity index (χ3v) is 3.55. The van der Waals surface area contributed by atoms with E-state index in [0.29, 0.717) is 6.54 Å². The van der Waals surface area contributed by atoms with Crippen LogP contribution in [0.4, 0.5) is 0 Å². The number of aromatic nitrogens is 3. The van der Waals surface area contributed by atoms with Gasteiger partial charge in [-0.3, -0.25) is 14.3 Å². The molecule has 2 rings (SSSR count). The van der Waals surface area contributed by atoms with Gasteiger partial charge in [-0.15, -0.1) is 0 Å². The molecule has 0 radical (unpaired) electrons. The Labute approximate surface area is 135 Å². The molecular weight excluding hydrogens is 352 g/mol. The van der Waals surface area contributed by atoms with Gasteiger partial charge in [0.05, 0.1) is 19.0 Å². The minimum absolute atomic E-state index is 0.170.